The van der Waals surface area contributed by atoms with Crippen molar-refractivity contribution in [1.29, 1.82) is 0 Å². The Morgan fingerprint density at radius 2 is 2.11 bits per heavy atom. The van der Waals surface area contributed by atoms with Crippen LogP contribution in [0.4, 0.5) is 0 Å². The van der Waals surface area contributed by atoms with Gasteiger partial charge < -0.3 is 10.2 Å². The average Bonchev–Trinajstić information content (AvgIpc) is 2.50. The van der Waals surface area contributed by atoms with Gasteiger partial charge in [0, 0.05) is 31.9 Å². The van der Waals surface area contributed by atoms with Gasteiger partial charge in [-0.1, -0.05) is 0 Å². The molecule has 1 aromatic rings. The van der Waals surface area contributed by atoms with Crippen LogP contribution in [0.5, 0.6) is 0 Å². The molecule has 0 saturated carbocycles. The molecule has 1 N–H and O–H groups in total. The molecule has 0 spiro atoms. The van der Waals surface area contributed by atoms with Gasteiger partial charge >= 0.3 is 0 Å². The van der Waals surface area contributed by atoms with E-state index < -0.39 is 6.04 Å². The third-order valence-corrected chi connectivity index (χ3v) is 3.09. The summed E-state index contributed by atoms with van der Waals surface area (Å²) < 4.78 is 0. The van der Waals surface area contributed by atoms with Crippen LogP contribution in [0.2, 0.25) is 0 Å². The highest BCUT2D eigenvalue weighted by atomic mass is 16.2. The van der Waals surface area contributed by atoms with Gasteiger partial charge in [-0.2, -0.15) is 0 Å². The van der Waals surface area contributed by atoms with Crippen LogP contribution in [0.15, 0.2) is 24.5 Å². The van der Waals surface area contributed by atoms with Crippen molar-refractivity contribution in [2.75, 3.05) is 13.1 Å². The molecule has 5 heteroatoms. The molecule has 2 amide bonds. The molecule has 2 rings (SSSR count). The highest BCUT2D eigenvalue weighted by Crippen LogP contribution is 2.06. The maximum absolute atomic E-state index is 12.0. The van der Waals surface area contributed by atoms with Gasteiger partial charge in [0.05, 0.1) is 0 Å². The molecule has 1 aliphatic rings. The average molecular weight is 247 g/mol. The Bertz CT molecular complexity index is 433. The molecule has 0 aliphatic carbocycles. The van der Waals surface area contributed by atoms with Gasteiger partial charge in [0.2, 0.25) is 11.8 Å². The molecule has 0 radical (unpaired) electrons. The van der Waals surface area contributed by atoms with E-state index in [2.05, 4.69) is 10.3 Å². The Morgan fingerprint density at radius 3 is 2.83 bits per heavy atom. The van der Waals surface area contributed by atoms with Gasteiger partial charge in [0.25, 0.3) is 0 Å². The number of pyridine rings is 1. The van der Waals surface area contributed by atoms with Crippen LogP contribution >= 0.6 is 0 Å². The minimum atomic E-state index is -0.419. The zero-order valence-electron chi connectivity index (χ0n) is 10.4. The topological polar surface area (TPSA) is 62.3 Å². The van der Waals surface area contributed by atoms with Crippen LogP contribution in [0.25, 0.3) is 0 Å². The lowest BCUT2D eigenvalue weighted by molar-refractivity contribution is -0.133. The number of hydrogen-bond donors (Lipinski definition) is 1. The van der Waals surface area contributed by atoms with Gasteiger partial charge in [0.1, 0.15) is 6.04 Å². The monoisotopic (exact) mass is 247 g/mol. The summed E-state index contributed by atoms with van der Waals surface area (Å²) >= 11 is 0. The number of amides is 2. The first-order valence-electron chi connectivity index (χ1n) is 6.14. The zero-order valence-corrected chi connectivity index (χ0v) is 10.4. The van der Waals surface area contributed by atoms with Gasteiger partial charge in [-0.25, -0.2) is 0 Å². The van der Waals surface area contributed by atoms with E-state index in [-0.39, 0.29) is 11.8 Å². The minimum Gasteiger partial charge on any atom is -0.345 e. The smallest absolute Gasteiger partial charge is 0.244 e. The van der Waals surface area contributed by atoms with Gasteiger partial charge in [0.15, 0.2) is 0 Å². The summed E-state index contributed by atoms with van der Waals surface area (Å²) in [6, 6.07) is 3.46. The van der Waals surface area contributed by atoms with Crippen LogP contribution in [0.3, 0.4) is 0 Å². The number of rotatable bonds is 3. The molecule has 18 heavy (non-hydrogen) atoms. The van der Waals surface area contributed by atoms with E-state index in [1.807, 2.05) is 12.1 Å². The third-order valence-electron chi connectivity index (χ3n) is 3.09. The Kier molecular flexibility index (Phi) is 3.92. The summed E-state index contributed by atoms with van der Waals surface area (Å²) in [6.07, 6.45) is 4.65. The van der Waals surface area contributed by atoms with Crippen molar-refractivity contribution >= 4 is 11.8 Å². The predicted octanol–water partition coefficient (Wildman–Crippen LogP) is 0.361. The molecule has 0 aromatic carbocycles. The van der Waals surface area contributed by atoms with Crippen LogP contribution in [-0.4, -0.2) is 40.8 Å². The van der Waals surface area contributed by atoms with E-state index in [0.29, 0.717) is 19.5 Å². The largest absolute Gasteiger partial charge is 0.345 e. The summed E-state index contributed by atoms with van der Waals surface area (Å²) in [5, 5.41) is 2.68. The summed E-state index contributed by atoms with van der Waals surface area (Å²) in [5.41, 5.74) is 1.15. The lowest BCUT2D eigenvalue weighted by Crippen LogP contribution is -2.43. The van der Waals surface area contributed by atoms with Crippen molar-refractivity contribution < 1.29 is 9.59 Å². The van der Waals surface area contributed by atoms with Gasteiger partial charge in [-0.15, -0.1) is 0 Å². The van der Waals surface area contributed by atoms with Crippen LogP contribution in [0.1, 0.15) is 18.9 Å². The highest BCUT2D eigenvalue weighted by molar-refractivity contribution is 5.89. The first-order valence-corrected chi connectivity index (χ1v) is 6.14. The minimum absolute atomic E-state index is 0.00472. The van der Waals surface area contributed by atoms with E-state index in [0.717, 1.165) is 12.0 Å². The summed E-state index contributed by atoms with van der Waals surface area (Å²) in [6.45, 7) is 2.87. The Balaban J connectivity index is 1.95. The van der Waals surface area contributed by atoms with E-state index in [1.54, 1.807) is 24.2 Å². The van der Waals surface area contributed by atoms with Crippen molar-refractivity contribution in [3.05, 3.63) is 30.1 Å². The summed E-state index contributed by atoms with van der Waals surface area (Å²) in [4.78, 5) is 29.1. The Hall–Kier alpha value is -1.91. The number of nitrogens with zero attached hydrogens (tertiary/aromatic N) is 2. The Labute approximate surface area is 106 Å². The van der Waals surface area contributed by atoms with E-state index in [4.69, 9.17) is 0 Å². The molecule has 2 heterocycles. The van der Waals surface area contributed by atoms with Crippen molar-refractivity contribution in [3.63, 3.8) is 0 Å². The van der Waals surface area contributed by atoms with Crippen molar-refractivity contribution in [2.45, 2.75) is 25.8 Å². The van der Waals surface area contributed by atoms with Crippen molar-refractivity contribution in [1.82, 2.24) is 15.2 Å². The lowest BCUT2D eigenvalue weighted by atomic mass is 10.2. The number of hydrogen-bond acceptors (Lipinski definition) is 3. The molecule has 1 fully saturated rings. The fourth-order valence-corrected chi connectivity index (χ4v) is 2.03. The number of aromatic nitrogens is 1. The number of carbonyl (C=O) groups is 2. The fourth-order valence-electron chi connectivity index (χ4n) is 2.03. The molecular formula is C13H17N3O2. The molecular weight excluding hydrogens is 230 g/mol. The third kappa shape index (κ3) is 3.06. The normalized spacial score (nSPS) is 20.5. The standard InChI is InChI=1S/C13H17N3O2/c1-10-13(18)16(9-5-12(17)15-10)8-4-11-2-6-14-7-3-11/h2-3,6-7,10H,4-5,8-9H2,1H3,(H,15,17). The van der Waals surface area contributed by atoms with Crippen LogP contribution in [-0.2, 0) is 16.0 Å². The molecule has 1 unspecified atom stereocenters. The highest BCUT2D eigenvalue weighted by Gasteiger charge is 2.25. The summed E-state index contributed by atoms with van der Waals surface area (Å²) in [7, 11) is 0. The molecule has 5 nitrogen and oxygen atoms in total. The predicted molar refractivity (Wildman–Crippen MR) is 66.7 cm³/mol. The van der Waals surface area contributed by atoms with Gasteiger partial charge in [-0.05, 0) is 31.0 Å². The fraction of sp³-hybridized carbons (Fsp3) is 0.462. The second-order valence-corrected chi connectivity index (χ2v) is 4.47. The lowest BCUT2D eigenvalue weighted by Gasteiger charge is -2.22. The molecule has 1 saturated heterocycles. The molecule has 96 valence electrons. The molecule has 1 aromatic heterocycles. The number of carbonyl (C=O) groups excluding carboxylic acids is 2. The quantitative estimate of drug-likeness (QED) is 0.839. The van der Waals surface area contributed by atoms with Crippen molar-refractivity contribution in [2.24, 2.45) is 0 Å². The van der Waals surface area contributed by atoms with Crippen LogP contribution in [0, 0.1) is 0 Å². The molecule has 0 bridgehead atoms. The van der Waals surface area contributed by atoms with Gasteiger partial charge in [-0.3, -0.25) is 14.6 Å². The van der Waals surface area contributed by atoms with E-state index >= 15 is 0 Å². The second-order valence-electron chi connectivity index (χ2n) is 4.47. The van der Waals surface area contributed by atoms with Crippen LogP contribution < -0.4 is 5.32 Å². The molecule has 1 atom stereocenters. The van der Waals surface area contributed by atoms with E-state index in [9.17, 15) is 9.59 Å². The summed E-state index contributed by atoms with van der Waals surface area (Å²) in [5.74, 6) is -0.0582. The van der Waals surface area contributed by atoms with Crippen molar-refractivity contribution in [3.8, 4) is 0 Å². The number of nitrogens with one attached hydrogen (secondary N) is 1. The first-order chi connectivity index (χ1) is 8.66. The first kappa shape index (κ1) is 12.5. The SMILES string of the molecule is CC1NC(=O)CCN(CCc2ccncc2)C1=O. The maximum atomic E-state index is 12.0. The van der Waals surface area contributed by atoms with E-state index in [1.165, 1.54) is 0 Å². The Morgan fingerprint density at radius 1 is 1.39 bits per heavy atom. The zero-order chi connectivity index (χ0) is 13.0. The second kappa shape index (κ2) is 5.62. The molecule has 1 aliphatic heterocycles. The maximum Gasteiger partial charge on any atom is 0.244 e.